The van der Waals surface area contributed by atoms with Crippen molar-refractivity contribution in [1.82, 2.24) is 4.58 Å². The fourth-order valence-electron chi connectivity index (χ4n) is 6.53. The van der Waals surface area contributed by atoms with Crippen LogP contribution in [-0.2, 0) is 37.6 Å². The maximum Gasteiger partial charge on any atom is 0.524 e. The van der Waals surface area contributed by atoms with Gasteiger partial charge in [-0.25, -0.2) is 9.14 Å². The molecule has 0 amide bonds. The zero-order valence-electron chi connectivity index (χ0n) is 22.8. The second-order valence-electron chi connectivity index (χ2n) is 10.9. The predicted molar refractivity (Wildman–Crippen MR) is 158 cm³/mol. The molecule has 15 heteroatoms. The van der Waals surface area contributed by atoms with E-state index in [1.165, 1.54) is 18.2 Å². The van der Waals surface area contributed by atoms with Gasteiger partial charge in [-0.1, -0.05) is 12.1 Å². The fraction of sp³-hybridized carbons (Fsp3) is 0.207. The van der Waals surface area contributed by atoms with Crippen molar-refractivity contribution in [2.24, 2.45) is 0 Å². The summed E-state index contributed by atoms with van der Waals surface area (Å²) in [6.07, 6.45) is 3.29. The summed E-state index contributed by atoms with van der Waals surface area (Å²) in [6.45, 7) is 1.78. The third kappa shape index (κ3) is 4.92. The Bertz CT molecular complexity index is 2340. The van der Waals surface area contributed by atoms with Crippen LogP contribution < -0.4 is 24.4 Å². The lowest BCUT2D eigenvalue weighted by Gasteiger charge is -2.27. The molecule has 0 radical (unpaired) electrons. The molecule has 0 spiro atoms. The predicted octanol–water partition coefficient (Wildman–Crippen LogP) is 2.54. The summed E-state index contributed by atoms with van der Waals surface area (Å²) < 4.78 is 94.4. The molecule has 12 nitrogen and oxygen atoms in total. The van der Waals surface area contributed by atoms with Crippen molar-refractivity contribution in [2.45, 2.75) is 35.5 Å². The van der Waals surface area contributed by atoms with Crippen LogP contribution in [0, 0.1) is 0 Å². The van der Waals surface area contributed by atoms with E-state index in [-0.39, 0.29) is 11.3 Å². The number of benzene rings is 4. The first-order chi connectivity index (χ1) is 20.7. The van der Waals surface area contributed by atoms with Crippen LogP contribution in [0.2, 0.25) is 0 Å². The minimum absolute atomic E-state index is 0.00197. The number of hydrogen-bond donors (Lipinski definition) is 4. The summed E-state index contributed by atoms with van der Waals surface area (Å²) in [6, 6.07) is 12.7. The molecule has 44 heavy (non-hydrogen) atoms. The second-order valence-corrected chi connectivity index (χ2v) is 14.9. The topological polar surface area (TPSA) is 188 Å². The highest BCUT2D eigenvalue weighted by Gasteiger charge is 2.34. The second kappa shape index (κ2) is 9.94. The number of fused-ring (bicyclic) bond motifs is 5. The van der Waals surface area contributed by atoms with E-state index in [1.54, 1.807) is 18.2 Å². The van der Waals surface area contributed by atoms with Gasteiger partial charge in [-0.2, -0.15) is 16.8 Å². The van der Waals surface area contributed by atoms with E-state index >= 15 is 0 Å². The third-order valence-corrected chi connectivity index (χ3v) is 10.4. The van der Waals surface area contributed by atoms with Crippen molar-refractivity contribution < 1.29 is 49.6 Å². The highest BCUT2D eigenvalue weighted by Crippen LogP contribution is 2.45. The fourth-order valence-corrected chi connectivity index (χ4v) is 8.23. The first kappa shape index (κ1) is 29.1. The lowest BCUT2D eigenvalue weighted by molar-refractivity contribution is 0.283. The number of phosphoric acid groups is 1. The highest BCUT2D eigenvalue weighted by molar-refractivity contribution is 7.86. The summed E-state index contributed by atoms with van der Waals surface area (Å²) in [7, 11) is -14.6. The normalized spacial score (nSPS) is 16.2. The Kier molecular flexibility index (Phi) is 6.58. The molecular weight excluding hydrogens is 633 g/mol. The van der Waals surface area contributed by atoms with Gasteiger partial charge in [0.2, 0.25) is 5.36 Å². The van der Waals surface area contributed by atoms with Crippen LogP contribution in [0.3, 0.4) is 0 Å². The summed E-state index contributed by atoms with van der Waals surface area (Å²) in [5.74, 6) is 0.763. The van der Waals surface area contributed by atoms with Gasteiger partial charge in [-0.3, -0.25) is 18.9 Å². The average Bonchev–Trinajstić information content (AvgIpc) is 2.94. The quantitative estimate of drug-likeness (QED) is 0.123. The van der Waals surface area contributed by atoms with Crippen LogP contribution in [0.1, 0.15) is 35.1 Å². The molecule has 0 unspecified atom stereocenters. The van der Waals surface area contributed by atoms with E-state index in [9.17, 15) is 40.3 Å². The van der Waals surface area contributed by atoms with E-state index in [2.05, 4.69) is 4.58 Å². The molecule has 0 saturated carbocycles. The van der Waals surface area contributed by atoms with Crippen molar-refractivity contribution in [2.75, 3.05) is 13.1 Å². The molecule has 0 atom stereocenters. The Morgan fingerprint density at radius 3 is 2.25 bits per heavy atom. The monoisotopic (exact) mass is 658 g/mol. The smallest absolute Gasteiger partial charge is 0.455 e. The average molecular weight is 659 g/mol. The maximum atomic E-state index is 12.7. The number of ether oxygens (including phenoxy) is 1. The van der Waals surface area contributed by atoms with Crippen molar-refractivity contribution in [1.29, 1.82) is 0 Å². The minimum Gasteiger partial charge on any atom is -0.455 e. The largest absolute Gasteiger partial charge is 0.524 e. The molecule has 4 aromatic rings. The first-order valence-electron chi connectivity index (χ1n) is 13.6. The zero-order valence-corrected chi connectivity index (χ0v) is 25.3. The molecule has 228 valence electrons. The van der Waals surface area contributed by atoms with Crippen molar-refractivity contribution >= 4 is 44.4 Å². The lowest BCUT2D eigenvalue weighted by atomic mass is 9.86. The number of nitrogens with zero attached hydrogens (tertiary/aromatic N) is 1. The summed E-state index contributed by atoms with van der Waals surface area (Å²) in [5, 5.41) is 2.70. The van der Waals surface area contributed by atoms with Crippen LogP contribution in [-0.4, -0.2) is 48.8 Å². The van der Waals surface area contributed by atoms with E-state index < -0.39 is 37.8 Å². The van der Waals surface area contributed by atoms with Crippen LogP contribution in [0.4, 0.5) is 0 Å². The Balaban J connectivity index is 1.61. The van der Waals surface area contributed by atoms with Crippen LogP contribution in [0.5, 0.6) is 17.2 Å². The van der Waals surface area contributed by atoms with E-state index in [0.717, 1.165) is 61.0 Å². The van der Waals surface area contributed by atoms with Crippen molar-refractivity contribution in [3.05, 3.63) is 87.4 Å². The first-order valence-corrected chi connectivity index (χ1v) is 18.0. The third-order valence-electron chi connectivity index (χ3n) is 8.18. The van der Waals surface area contributed by atoms with Gasteiger partial charge in [0.25, 0.3) is 20.2 Å². The van der Waals surface area contributed by atoms with Gasteiger partial charge in [0.05, 0.1) is 10.5 Å². The number of rotatable bonds is 5. The Morgan fingerprint density at radius 1 is 0.818 bits per heavy atom. The zero-order chi connectivity index (χ0) is 31.2. The Labute approximate surface area is 251 Å². The molecule has 4 N–H and O–H groups in total. The van der Waals surface area contributed by atoms with Crippen molar-refractivity contribution in [3.8, 4) is 17.2 Å². The summed E-state index contributed by atoms with van der Waals surface area (Å²) >= 11 is 0. The van der Waals surface area contributed by atoms with Gasteiger partial charge in [0, 0.05) is 45.7 Å². The molecule has 0 saturated heterocycles. The minimum atomic E-state index is -5.00. The summed E-state index contributed by atoms with van der Waals surface area (Å²) in [4.78, 5) is 17.2. The van der Waals surface area contributed by atoms with Crippen LogP contribution in [0.15, 0.2) is 64.4 Å². The molecule has 0 aliphatic carbocycles. The molecule has 3 aliphatic rings. The molecule has 0 bridgehead atoms. The van der Waals surface area contributed by atoms with Crippen LogP contribution in [0.25, 0.3) is 16.3 Å². The Hall–Kier alpha value is -3.62. The molecular formula is C29H25NO11PS2+. The van der Waals surface area contributed by atoms with E-state index in [4.69, 9.17) is 9.26 Å². The number of hydrogen-bond acceptors (Lipinski definition) is 7. The van der Waals surface area contributed by atoms with Gasteiger partial charge in [0.1, 0.15) is 35.2 Å². The molecule has 0 aromatic heterocycles. The number of aryl methyl sites for hydroxylation is 1. The standard InChI is InChI=1S/C29H24NO11PS2/c31-42(32,33)41-18-6-9-20-16(13-18)5-8-22-26(21-10-7-19(43(34,35)36)15-25(21)44(37,38)39)24-14-17-3-1-11-30-12-2-4-23(27(17)30)29(24)40-28(20)22/h5-10,13-15H,1-4,11-12H2,(H3-,31,32,33,34,35,36,37,38,39)/p+1. The highest BCUT2D eigenvalue weighted by atomic mass is 32.2. The van der Waals surface area contributed by atoms with Gasteiger partial charge >= 0.3 is 7.82 Å². The van der Waals surface area contributed by atoms with E-state index in [0.29, 0.717) is 45.0 Å². The number of phosphoric ester groups is 1. The van der Waals surface area contributed by atoms with Crippen molar-refractivity contribution in [3.63, 3.8) is 0 Å². The van der Waals surface area contributed by atoms with Gasteiger partial charge < -0.3 is 9.26 Å². The van der Waals surface area contributed by atoms with Gasteiger partial charge in [-0.05, 0) is 60.7 Å². The summed E-state index contributed by atoms with van der Waals surface area (Å²) in [5.41, 5.74) is 2.83. The lowest BCUT2D eigenvalue weighted by Crippen LogP contribution is -2.45. The Morgan fingerprint density at radius 2 is 1.55 bits per heavy atom. The van der Waals surface area contributed by atoms with E-state index in [1.807, 2.05) is 6.07 Å². The SMILES string of the molecule is O=P(O)(O)Oc1ccc2c3c(ccc2c1)C(c1ccc(S(=O)(=O)O)cc1S(=O)(=O)O)=c1cc2c4c(c1O3)CCC[N+]=4CCC2. The molecule has 3 aliphatic heterocycles. The molecule has 0 fully saturated rings. The molecule has 3 heterocycles. The van der Waals surface area contributed by atoms with Gasteiger partial charge in [0.15, 0.2) is 0 Å². The molecule has 4 aromatic carbocycles. The van der Waals surface area contributed by atoms with Crippen LogP contribution >= 0.6 is 7.82 Å². The van der Waals surface area contributed by atoms with Gasteiger partial charge in [-0.15, -0.1) is 0 Å². The maximum absolute atomic E-state index is 12.7. The molecule has 7 rings (SSSR count).